The second-order valence-corrected chi connectivity index (χ2v) is 12.7. The first-order chi connectivity index (χ1) is 25.3. The quantitative estimate of drug-likeness (QED) is 0.145. The number of aromatic nitrogens is 1. The van der Waals surface area contributed by atoms with Crippen LogP contribution in [0, 0.1) is 0 Å². The third-order valence-corrected chi connectivity index (χ3v) is 9.41. The average Bonchev–Trinajstić information content (AvgIpc) is 3.46. The molecule has 0 N–H and O–H groups in total. The van der Waals surface area contributed by atoms with Crippen molar-refractivity contribution in [2.24, 2.45) is 4.99 Å². The van der Waals surface area contributed by atoms with Gasteiger partial charge in [0, 0.05) is 0 Å². The van der Waals surface area contributed by atoms with Gasteiger partial charge in [-0.25, -0.2) is 14.6 Å². The Morgan fingerprint density at radius 1 is 0.865 bits per heavy atom. The first-order valence-corrected chi connectivity index (χ1v) is 17.5. The van der Waals surface area contributed by atoms with Crippen molar-refractivity contribution in [2.45, 2.75) is 33.4 Å². The Hall–Kier alpha value is -5.88. The van der Waals surface area contributed by atoms with Gasteiger partial charge in [0.05, 0.1) is 49.3 Å². The Balaban J connectivity index is 1.37. The van der Waals surface area contributed by atoms with Crippen LogP contribution >= 0.6 is 11.3 Å². The number of rotatable bonds is 13. The first kappa shape index (κ1) is 35.9. The molecule has 0 spiro atoms. The molecule has 0 aliphatic carbocycles. The lowest BCUT2D eigenvalue weighted by atomic mass is 9.95. The van der Waals surface area contributed by atoms with E-state index in [4.69, 9.17) is 28.4 Å². The highest BCUT2D eigenvalue weighted by Crippen LogP contribution is 2.37. The Labute approximate surface area is 304 Å². The van der Waals surface area contributed by atoms with E-state index < -0.39 is 18.0 Å². The SMILES string of the molecule is CCOC(=O)C1=C(C)N=c2s/c(=C\c3ccc(OCc4cccc5ccccc45)c(OC)c3)c(=O)n2[C@H]1c1ccc(OCC(=O)OC)c(OCC)c1. The Bertz CT molecular complexity index is 2350. The largest absolute Gasteiger partial charge is 0.493 e. The highest BCUT2D eigenvalue weighted by molar-refractivity contribution is 7.07. The molecule has 0 unspecified atom stereocenters. The van der Waals surface area contributed by atoms with Gasteiger partial charge >= 0.3 is 11.9 Å². The summed E-state index contributed by atoms with van der Waals surface area (Å²) in [5, 5.41) is 2.25. The zero-order valence-corrected chi connectivity index (χ0v) is 30.3. The van der Waals surface area contributed by atoms with E-state index in [-0.39, 0.29) is 24.3 Å². The number of hydrogen-bond acceptors (Lipinski definition) is 11. The third-order valence-electron chi connectivity index (χ3n) is 8.42. The summed E-state index contributed by atoms with van der Waals surface area (Å²) in [5.74, 6) is 0.572. The average molecular weight is 723 g/mol. The Morgan fingerprint density at radius 2 is 1.63 bits per heavy atom. The van der Waals surface area contributed by atoms with Crippen LogP contribution in [-0.4, -0.2) is 50.5 Å². The lowest BCUT2D eigenvalue weighted by Gasteiger charge is -2.25. The summed E-state index contributed by atoms with van der Waals surface area (Å²) >= 11 is 1.21. The van der Waals surface area contributed by atoms with E-state index in [0.29, 0.717) is 62.4 Å². The van der Waals surface area contributed by atoms with E-state index in [2.05, 4.69) is 23.2 Å². The van der Waals surface area contributed by atoms with Gasteiger partial charge in [-0.05, 0) is 78.6 Å². The molecule has 268 valence electrons. The van der Waals surface area contributed by atoms with Gasteiger partial charge in [-0.2, -0.15) is 0 Å². The number of benzene rings is 4. The highest BCUT2D eigenvalue weighted by Gasteiger charge is 2.34. The number of allylic oxidation sites excluding steroid dienone is 1. The van der Waals surface area contributed by atoms with Crippen LogP contribution in [0.4, 0.5) is 0 Å². The van der Waals surface area contributed by atoms with Crippen LogP contribution < -0.4 is 33.8 Å². The van der Waals surface area contributed by atoms with Crippen LogP contribution in [0.2, 0.25) is 0 Å². The van der Waals surface area contributed by atoms with Crippen LogP contribution in [0.1, 0.15) is 43.5 Å². The van der Waals surface area contributed by atoms with Crippen LogP contribution in [0.5, 0.6) is 23.0 Å². The van der Waals surface area contributed by atoms with Gasteiger partial charge in [0.1, 0.15) is 6.61 Å². The van der Waals surface area contributed by atoms with Crippen molar-refractivity contribution < 1.29 is 38.0 Å². The van der Waals surface area contributed by atoms with Gasteiger partial charge < -0.3 is 28.4 Å². The van der Waals surface area contributed by atoms with E-state index in [1.165, 1.54) is 23.0 Å². The maximum atomic E-state index is 14.3. The second kappa shape index (κ2) is 16.0. The fourth-order valence-corrected chi connectivity index (χ4v) is 7.05. The Kier molecular flexibility index (Phi) is 11.0. The number of nitrogens with zero attached hydrogens (tertiary/aromatic N) is 2. The number of methoxy groups -OCH3 is 2. The van der Waals surface area contributed by atoms with E-state index in [9.17, 15) is 14.4 Å². The van der Waals surface area contributed by atoms with Gasteiger partial charge in [0.2, 0.25) is 0 Å². The van der Waals surface area contributed by atoms with Crippen LogP contribution in [0.15, 0.2) is 99.9 Å². The second-order valence-electron chi connectivity index (χ2n) is 11.6. The summed E-state index contributed by atoms with van der Waals surface area (Å²) in [7, 11) is 2.84. The topological polar surface area (TPSA) is 124 Å². The smallest absolute Gasteiger partial charge is 0.343 e. The minimum Gasteiger partial charge on any atom is -0.493 e. The molecule has 0 fully saturated rings. The molecule has 5 aromatic rings. The highest BCUT2D eigenvalue weighted by atomic mass is 32.1. The van der Waals surface area contributed by atoms with Gasteiger partial charge in [-0.15, -0.1) is 0 Å². The van der Waals surface area contributed by atoms with E-state index in [1.807, 2.05) is 49.4 Å². The normalized spacial score (nSPS) is 14.0. The summed E-state index contributed by atoms with van der Waals surface area (Å²) in [4.78, 5) is 44.5. The molecule has 2 heterocycles. The number of esters is 2. The lowest BCUT2D eigenvalue weighted by Crippen LogP contribution is -2.40. The summed E-state index contributed by atoms with van der Waals surface area (Å²) in [6, 6.07) is 23.9. The molecule has 0 saturated heterocycles. The molecule has 1 aliphatic rings. The van der Waals surface area contributed by atoms with Crippen molar-refractivity contribution in [1.29, 1.82) is 0 Å². The van der Waals surface area contributed by atoms with Crippen molar-refractivity contribution >= 4 is 40.1 Å². The van der Waals surface area contributed by atoms with E-state index in [0.717, 1.165) is 16.3 Å². The number of thiazole rings is 1. The third kappa shape index (κ3) is 7.42. The van der Waals surface area contributed by atoms with Gasteiger partial charge in [0.15, 0.2) is 34.4 Å². The van der Waals surface area contributed by atoms with Crippen molar-refractivity contribution in [2.75, 3.05) is 34.0 Å². The predicted octanol–water partition coefficient (Wildman–Crippen LogP) is 5.49. The zero-order chi connectivity index (χ0) is 36.8. The van der Waals surface area contributed by atoms with Gasteiger partial charge in [0.25, 0.3) is 5.56 Å². The van der Waals surface area contributed by atoms with E-state index >= 15 is 0 Å². The molecule has 1 aromatic heterocycles. The van der Waals surface area contributed by atoms with Crippen LogP contribution in [0.3, 0.4) is 0 Å². The van der Waals surface area contributed by atoms with Gasteiger partial charge in [-0.3, -0.25) is 9.36 Å². The first-order valence-electron chi connectivity index (χ1n) is 16.7. The molecule has 1 atom stereocenters. The molecule has 6 rings (SSSR count). The molecule has 1 aliphatic heterocycles. The number of carbonyl (C=O) groups excluding carboxylic acids is 2. The monoisotopic (exact) mass is 722 g/mol. The number of hydrogen-bond donors (Lipinski definition) is 0. The molecule has 12 heteroatoms. The minimum atomic E-state index is -0.884. The summed E-state index contributed by atoms with van der Waals surface area (Å²) in [6.07, 6.45) is 1.76. The van der Waals surface area contributed by atoms with Crippen molar-refractivity contribution in [3.05, 3.63) is 127 Å². The standard InChI is InChI=1S/C40H38N2O9S/c1-6-48-33-21-27(16-18-31(33)51-23-35(43)47-5)37-36(39(45)49-7-2)24(3)41-40-42(37)38(44)34(52-40)20-25-15-17-30(32(19-25)46-4)50-22-28-13-10-12-26-11-8-9-14-29(26)28/h8-21,37H,6-7,22-23H2,1-5H3/b34-20-/t37-/m0/s1. The van der Waals surface area contributed by atoms with Crippen molar-refractivity contribution in [1.82, 2.24) is 4.57 Å². The van der Waals surface area contributed by atoms with Crippen molar-refractivity contribution in [3.63, 3.8) is 0 Å². The minimum absolute atomic E-state index is 0.140. The molecule has 4 aromatic carbocycles. The number of carbonyl (C=O) groups is 2. The maximum absolute atomic E-state index is 14.3. The van der Waals surface area contributed by atoms with Crippen molar-refractivity contribution in [3.8, 4) is 23.0 Å². The predicted molar refractivity (Wildman–Crippen MR) is 197 cm³/mol. The summed E-state index contributed by atoms with van der Waals surface area (Å²) in [6.45, 7) is 5.72. The summed E-state index contributed by atoms with van der Waals surface area (Å²) in [5.41, 5.74) is 2.63. The number of ether oxygens (including phenoxy) is 6. The summed E-state index contributed by atoms with van der Waals surface area (Å²) < 4.78 is 35.4. The fraction of sp³-hybridized carbons (Fsp3) is 0.250. The van der Waals surface area contributed by atoms with E-state index in [1.54, 1.807) is 45.2 Å². The zero-order valence-electron chi connectivity index (χ0n) is 29.5. The molecular weight excluding hydrogens is 685 g/mol. The molecular formula is C40H38N2O9S. The molecule has 0 bridgehead atoms. The molecule has 0 amide bonds. The molecule has 0 radical (unpaired) electrons. The van der Waals surface area contributed by atoms with Crippen LogP contribution in [-0.2, 0) is 25.7 Å². The fourth-order valence-electron chi connectivity index (χ4n) is 6.00. The molecule has 52 heavy (non-hydrogen) atoms. The van der Waals surface area contributed by atoms with Gasteiger partial charge in [-0.1, -0.05) is 65.9 Å². The van der Waals surface area contributed by atoms with Crippen LogP contribution in [0.25, 0.3) is 16.8 Å². The Morgan fingerprint density at radius 3 is 2.40 bits per heavy atom. The maximum Gasteiger partial charge on any atom is 0.343 e. The molecule has 11 nitrogen and oxygen atoms in total. The number of fused-ring (bicyclic) bond motifs is 2. The lowest BCUT2D eigenvalue weighted by molar-refractivity contribution is -0.143. The molecule has 0 saturated carbocycles.